The third kappa shape index (κ3) is 3.08. The van der Waals surface area contributed by atoms with E-state index in [4.69, 9.17) is 14.5 Å². The van der Waals surface area contributed by atoms with Gasteiger partial charge in [-0.15, -0.1) is 0 Å². The van der Waals surface area contributed by atoms with Gasteiger partial charge in [0.15, 0.2) is 11.6 Å². The first-order chi connectivity index (χ1) is 12.2. The van der Waals surface area contributed by atoms with Crippen LogP contribution in [-0.2, 0) is 9.53 Å². The Labute approximate surface area is 148 Å². The number of para-hydroxylation sites is 1. The zero-order valence-corrected chi connectivity index (χ0v) is 14.5. The van der Waals surface area contributed by atoms with E-state index >= 15 is 0 Å². The van der Waals surface area contributed by atoms with Crippen LogP contribution in [-0.4, -0.2) is 28.6 Å². The maximum atomic E-state index is 11.3. The van der Waals surface area contributed by atoms with Crippen molar-refractivity contribution in [3.63, 3.8) is 0 Å². The van der Waals surface area contributed by atoms with Gasteiger partial charge in [0.05, 0.1) is 22.5 Å². The molecule has 0 N–H and O–H groups in total. The van der Waals surface area contributed by atoms with Gasteiger partial charge in [-0.2, -0.15) is 0 Å². The molecule has 6 heteroatoms. The summed E-state index contributed by atoms with van der Waals surface area (Å²) in [6, 6.07) is 15.8. The molecule has 0 aliphatic rings. The van der Waals surface area contributed by atoms with Crippen molar-refractivity contribution in [2.45, 2.75) is 6.92 Å². The second-order valence-corrected chi connectivity index (χ2v) is 6.48. The summed E-state index contributed by atoms with van der Waals surface area (Å²) >= 11 is 1.67. The van der Waals surface area contributed by atoms with Crippen molar-refractivity contribution in [3.8, 4) is 17.0 Å². The smallest absolute Gasteiger partial charge is 0.344 e. The van der Waals surface area contributed by atoms with E-state index in [1.54, 1.807) is 18.3 Å². The summed E-state index contributed by atoms with van der Waals surface area (Å²) in [7, 11) is 0. The van der Waals surface area contributed by atoms with Crippen LogP contribution in [0.2, 0.25) is 0 Å². The molecule has 2 aromatic carbocycles. The van der Waals surface area contributed by atoms with Gasteiger partial charge in [0.1, 0.15) is 5.75 Å². The highest BCUT2D eigenvalue weighted by atomic mass is 32.1. The van der Waals surface area contributed by atoms with Crippen molar-refractivity contribution in [3.05, 3.63) is 54.7 Å². The lowest BCUT2D eigenvalue weighted by Crippen LogP contribution is -2.14. The number of carbonyl (C=O) groups excluding carboxylic acids is 1. The molecule has 2 heterocycles. The third-order valence-electron chi connectivity index (χ3n) is 3.81. The molecule has 0 bridgehead atoms. The molecule has 126 valence electrons. The predicted octanol–water partition coefficient (Wildman–Crippen LogP) is 4.16. The highest BCUT2D eigenvalue weighted by Gasteiger charge is 2.10. The van der Waals surface area contributed by atoms with E-state index in [0.717, 1.165) is 21.7 Å². The number of ether oxygens (including phenoxy) is 2. The number of fused-ring (bicyclic) bond motifs is 3. The van der Waals surface area contributed by atoms with Gasteiger partial charge in [0.25, 0.3) is 0 Å². The van der Waals surface area contributed by atoms with E-state index in [0.29, 0.717) is 12.4 Å². The topological polar surface area (TPSA) is 52.8 Å². The second kappa shape index (κ2) is 6.57. The fourth-order valence-electron chi connectivity index (χ4n) is 2.65. The van der Waals surface area contributed by atoms with Crippen molar-refractivity contribution < 1.29 is 14.3 Å². The number of thiazole rings is 1. The number of nitrogens with zero attached hydrogens (tertiary/aromatic N) is 2. The molecule has 0 aliphatic heterocycles. The Bertz CT molecular complexity index is 1030. The summed E-state index contributed by atoms with van der Waals surface area (Å²) in [6.07, 6.45) is 2.04. The van der Waals surface area contributed by atoms with Crippen LogP contribution in [0.25, 0.3) is 26.4 Å². The largest absolute Gasteiger partial charge is 0.482 e. The predicted molar refractivity (Wildman–Crippen MR) is 98.1 cm³/mol. The average Bonchev–Trinajstić information content (AvgIpc) is 3.19. The lowest BCUT2D eigenvalue weighted by Gasteiger charge is -2.06. The molecular formula is C19H16N2O3S. The van der Waals surface area contributed by atoms with E-state index in [1.807, 2.05) is 42.6 Å². The van der Waals surface area contributed by atoms with Gasteiger partial charge in [-0.05, 0) is 43.3 Å². The number of carbonyl (C=O) groups is 1. The molecule has 0 aliphatic carbocycles. The minimum absolute atomic E-state index is 0.0839. The molecule has 4 rings (SSSR count). The van der Waals surface area contributed by atoms with Crippen LogP contribution in [0.1, 0.15) is 6.92 Å². The van der Waals surface area contributed by atoms with Crippen molar-refractivity contribution in [2.75, 3.05) is 13.2 Å². The summed E-state index contributed by atoms with van der Waals surface area (Å²) in [6.45, 7) is 2.04. The zero-order chi connectivity index (χ0) is 17.2. The zero-order valence-electron chi connectivity index (χ0n) is 13.6. The van der Waals surface area contributed by atoms with Gasteiger partial charge >= 0.3 is 5.97 Å². The van der Waals surface area contributed by atoms with E-state index in [-0.39, 0.29) is 12.6 Å². The molecule has 0 saturated carbocycles. The fraction of sp³-hybridized carbons (Fsp3) is 0.158. The summed E-state index contributed by atoms with van der Waals surface area (Å²) in [5.41, 5.74) is 3.08. The Morgan fingerprint density at radius 3 is 2.76 bits per heavy atom. The fourth-order valence-corrected chi connectivity index (χ4v) is 3.66. The minimum atomic E-state index is -0.368. The maximum absolute atomic E-state index is 11.3. The molecule has 0 radical (unpaired) electrons. The molecule has 0 saturated heterocycles. The number of imidazole rings is 1. The molecule has 0 atom stereocenters. The quantitative estimate of drug-likeness (QED) is 0.506. The molecule has 0 spiro atoms. The standard InChI is InChI=1S/C19H16N2O3S/c1-2-23-18(22)12-24-14-9-7-13(8-10-14)15-11-21-16-5-3-4-6-17(16)25-19(21)20-15/h3-11H,2,12H2,1H3. The lowest BCUT2D eigenvalue weighted by molar-refractivity contribution is -0.145. The molecule has 0 amide bonds. The molecule has 4 aromatic rings. The number of esters is 1. The van der Waals surface area contributed by atoms with Gasteiger partial charge in [-0.1, -0.05) is 23.5 Å². The molecule has 0 fully saturated rings. The summed E-state index contributed by atoms with van der Waals surface area (Å²) in [4.78, 5) is 17.0. The normalized spacial score (nSPS) is 11.1. The van der Waals surface area contributed by atoms with Crippen LogP contribution in [0, 0.1) is 0 Å². The Morgan fingerprint density at radius 2 is 1.96 bits per heavy atom. The van der Waals surface area contributed by atoms with Gasteiger partial charge in [0, 0.05) is 11.8 Å². The number of hydrogen-bond donors (Lipinski definition) is 0. The minimum Gasteiger partial charge on any atom is -0.482 e. The van der Waals surface area contributed by atoms with Crippen LogP contribution < -0.4 is 4.74 Å². The van der Waals surface area contributed by atoms with E-state index in [9.17, 15) is 4.79 Å². The van der Waals surface area contributed by atoms with Crippen molar-refractivity contribution in [1.82, 2.24) is 9.38 Å². The van der Waals surface area contributed by atoms with E-state index in [2.05, 4.69) is 16.5 Å². The molecule has 25 heavy (non-hydrogen) atoms. The summed E-state index contributed by atoms with van der Waals surface area (Å²) in [5.74, 6) is 0.260. The Hall–Kier alpha value is -2.86. The number of benzene rings is 2. The Kier molecular flexibility index (Phi) is 4.11. The monoisotopic (exact) mass is 352 g/mol. The van der Waals surface area contributed by atoms with Crippen molar-refractivity contribution >= 4 is 32.5 Å². The van der Waals surface area contributed by atoms with Crippen LogP contribution in [0.4, 0.5) is 0 Å². The van der Waals surface area contributed by atoms with Crippen molar-refractivity contribution in [2.24, 2.45) is 0 Å². The van der Waals surface area contributed by atoms with Crippen LogP contribution in [0.3, 0.4) is 0 Å². The lowest BCUT2D eigenvalue weighted by atomic mass is 10.2. The first-order valence-electron chi connectivity index (χ1n) is 8.00. The number of hydrogen-bond acceptors (Lipinski definition) is 5. The molecule has 0 unspecified atom stereocenters. The first-order valence-corrected chi connectivity index (χ1v) is 8.82. The number of rotatable bonds is 5. The molecule has 5 nitrogen and oxygen atoms in total. The second-order valence-electron chi connectivity index (χ2n) is 5.47. The summed E-state index contributed by atoms with van der Waals surface area (Å²) in [5, 5.41) is 0. The van der Waals surface area contributed by atoms with Crippen LogP contribution in [0.15, 0.2) is 54.7 Å². The van der Waals surface area contributed by atoms with Crippen LogP contribution >= 0.6 is 11.3 Å². The highest BCUT2D eigenvalue weighted by Crippen LogP contribution is 2.29. The Balaban J connectivity index is 1.55. The van der Waals surface area contributed by atoms with Gasteiger partial charge in [0.2, 0.25) is 0 Å². The SMILES string of the molecule is CCOC(=O)COc1ccc(-c2cn3c(n2)sc2ccccc23)cc1. The maximum Gasteiger partial charge on any atom is 0.344 e. The van der Waals surface area contributed by atoms with Gasteiger partial charge < -0.3 is 9.47 Å². The van der Waals surface area contributed by atoms with Crippen molar-refractivity contribution in [1.29, 1.82) is 0 Å². The first kappa shape index (κ1) is 15.7. The average molecular weight is 352 g/mol. The third-order valence-corrected chi connectivity index (χ3v) is 4.85. The number of aromatic nitrogens is 2. The van der Waals surface area contributed by atoms with Gasteiger partial charge in [-0.25, -0.2) is 9.78 Å². The Morgan fingerprint density at radius 1 is 1.16 bits per heavy atom. The molecular weight excluding hydrogens is 336 g/mol. The summed E-state index contributed by atoms with van der Waals surface area (Å²) < 4.78 is 13.6. The molecule has 2 aromatic heterocycles. The highest BCUT2D eigenvalue weighted by molar-refractivity contribution is 7.23. The van der Waals surface area contributed by atoms with E-state index < -0.39 is 0 Å². The van der Waals surface area contributed by atoms with Gasteiger partial charge in [-0.3, -0.25) is 4.40 Å². The van der Waals surface area contributed by atoms with Crippen LogP contribution in [0.5, 0.6) is 5.75 Å². The van der Waals surface area contributed by atoms with E-state index in [1.165, 1.54) is 4.70 Å².